The summed E-state index contributed by atoms with van der Waals surface area (Å²) in [5, 5.41) is 2.70. The maximum Gasteiger partial charge on any atom is 0.331 e. The molecule has 0 saturated heterocycles. The Morgan fingerprint density at radius 3 is 2.28 bits per heavy atom. The molecule has 2 aromatic carbocycles. The number of nitrogens with one attached hydrogen (secondary N) is 1. The molecular weight excluding hydrogens is 374 g/mol. The minimum Gasteiger partial charge on any atom is -0.493 e. The van der Waals surface area contributed by atoms with E-state index in [2.05, 4.69) is 5.32 Å². The molecule has 154 valence electrons. The summed E-state index contributed by atoms with van der Waals surface area (Å²) in [6.07, 6.45) is 3.63. The van der Waals surface area contributed by atoms with Gasteiger partial charge in [0, 0.05) is 11.8 Å². The summed E-state index contributed by atoms with van der Waals surface area (Å²) in [7, 11) is 4.53. The largest absolute Gasteiger partial charge is 0.493 e. The van der Waals surface area contributed by atoms with Gasteiger partial charge in [0.05, 0.1) is 21.3 Å². The minimum absolute atomic E-state index is 0.380. The number of esters is 1. The van der Waals surface area contributed by atoms with Gasteiger partial charge in [-0.3, -0.25) is 4.79 Å². The topological polar surface area (TPSA) is 83.1 Å². The van der Waals surface area contributed by atoms with E-state index >= 15 is 0 Å². The van der Waals surface area contributed by atoms with Crippen LogP contribution in [0.4, 0.5) is 5.69 Å². The Labute approximate surface area is 170 Å². The number of benzene rings is 2. The number of hydrogen-bond acceptors (Lipinski definition) is 6. The fraction of sp³-hybridized carbons (Fsp3) is 0.273. The van der Waals surface area contributed by atoms with E-state index in [0.717, 1.165) is 12.0 Å². The lowest BCUT2D eigenvalue weighted by Gasteiger charge is -2.12. The standard InChI is InChI=1S/C22H25NO6/c1-5-15-7-6-8-17(11-15)23-20(24)14-29-21(25)10-9-16-12-18(26-2)22(28-4)19(13-16)27-3/h6-13H,5,14H2,1-4H3,(H,23,24)/b10-9+. The van der Waals surface area contributed by atoms with Crippen molar-refractivity contribution in [1.82, 2.24) is 0 Å². The second kappa shape index (κ2) is 10.8. The molecule has 0 heterocycles. The van der Waals surface area contributed by atoms with E-state index in [9.17, 15) is 9.59 Å². The quantitative estimate of drug-likeness (QED) is 0.514. The predicted molar refractivity (Wildman–Crippen MR) is 111 cm³/mol. The number of amides is 1. The number of rotatable bonds is 9. The molecule has 0 bridgehead atoms. The summed E-state index contributed by atoms with van der Waals surface area (Å²) >= 11 is 0. The first-order chi connectivity index (χ1) is 14.0. The van der Waals surface area contributed by atoms with E-state index in [1.54, 1.807) is 18.2 Å². The molecule has 0 aliphatic heterocycles. The molecule has 0 aliphatic rings. The normalized spacial score (nSPS) is 10.5. The van der Waals surface area contributed by atoms with Crippen LogP contribution in [-0.2, 0) is 20.7 Å². The molecule has 0 unspecified atom stereocenters. The van der Waals surface area contributed by atoms with Gasteiger partial charge in [0.1, 0.15) is 0 Å². The number of ether oxygens (including phenoxy) is 4. The highest BCUT2D eigenvalue weighted by atomic mass is 16.5. The van der Waals surface area contributed by atoms with Crippen LogP contribution in [0.3, 0.4) is 0 Å². The van der Waals surface area contributed by atoms with Crippen molar-refractivity contribution in [3.63, 3.8) is 0 Å². The molecule has 7 nitrogen and oxygen atoms in total. The molecule has 7 heteroatoms. The number of carbonyl (C=O) groups is 2. The average molecular weight is 399 g/mol. The molecule has 0 atom stereocenters. The van der Waals surface area contributed by atoms with Crippen LogP contribution in [0.2, 0.25) is 0 Å². The molecule has 0 radical (unpaired) electrons. The second-order valence-corrected chi connectivity index (χ2v) is 6.00. The molecule has 2 aromatic rings. The highest BCUT2D eigenvalue weighted by Crippen LogP contribution is 2.38. The monoisotopic (exact) mass is 399 g/mol. The molecule has 0 spiro atoms. The van der Waals surface area contributed by atoms with Crippen molar-refractivity contribution in [2.24, 2.45) is 0 Å². The van der Waals surface area contributed by atoms with Gasteiger partial charge < -0.3 is 24.3 Å². The fourth-order valence-electron chi connectivity index (χ4n) is 2.61. The summed E-state index contributed by atoms with van der Waals surface area (Å²) in [6, 6.07) is 10.9. The van der Waals surface area contributed by atoms with Crippen molar-refractivity contribution in [3.8, 4) is 17.2 Å². The van der Waals surface area contributed by atoms with Crippen LogP contribution in [0.5, 0.6) is 17.2 Å². The zero-order valence-electron chi connectivity index (χ0n) is 17.0. The van der Waals surface area contributed by atoms with Crippen molar-refractivity contribution in [3.05, 3.63) is 53.6 Å². The zero-order valence-corrected chi connectivity index (χ0v) is 17.0. The summed E-state index contributed by atoms with van der Waals surface area (Å²) in [5.74, 6) is 0.338. The summed E-state index contributed by atoms with van der Waals surface area (Å²) in [5.41, 5.74) is 2.42. The molecule has 0 aromatic heterocycles. The maximum atomic E-state index is 12.0. The van der Waals surface area contributed by atoms with Gasteiger partial charge in [0.25, 0.3) is 5.91 Å². The third-order valence-corrected chi connectivity index (χ3v) is 4.06. The third-order valence-electron chi connectivity index (χ3n) is 4.06. The number of carbonyl (C=O) groups excluding carboxylic acids is 2. The number of hydrogen-bond donors (Lipinski definition) is 1. The van der Waals surface area contributed by atoms with E-state index in [-0.39, 0.29) is 6.61 Å². The van der Waals surface area contributed by atoms with Gasteiger partial charge in [0.15, 0.2) is 18.1 Å². The lowest BCUT2D eigenvalue weighted by molar-refractivity contribution is -0.142. The van der Waals surface area contributed by atoms with Crippen LogP contribution in [0.25, 0.3) is 6.08 Å². The highest BCUT2D eigenvalue weighted by molar-refractivity contribution is 5.94. The van der Waals surface area contributed by atoms with E-state index in [4.69, 9.17) is 18.9 Å². The van der Waals surface area contributed by atoms with Gasteiger partial charge in [0.2, 0.25) is 5.75 Å². The van der Waals surface area contributed by atoms with Crippen LogP contribution >= 0.6 is 0 Å². The first-order valence-corrected chi connectivity index (χ1v) is 9.04. The minimum atomic E-state index is -0.642. The molecule has 0 aliphatic carbocycles. The first-order valence-electron chi connectivity index (χ1n) is 9.04. The zero-order chi connectivity index (χ0) is 21.2. The average Bonchev–Trinajstić information content (AvgIpc) is 2.75. The van der Waals surface area contributed by atoms with Gasteiger partial charge >= 0.3 is 5.97 Å². The molecule has 0 saturated carbocycles. The van der Waals surface area contributed by atoms with Crippen LogP contribution in [-0.4, -0.2) is 39.8 Å². The Morgan fingerprint density at radius 2 is 1.69 bits per heavy atom. The van der Waals surface area contributed by atoms with Crippen molar-refractivity contribution < 1.29 is 28.5 Å². The van der Waals surface area contributed by atoms with Gasteiger partial charge in [-0.25, -0.2) is 4.79 Å². The number of methoxy groups -OCH3 is 3. The van der Waals surface area contributed by atoms with Crippen molar-refractivity contribution in [1.29, 1.82) is 0 Å². The second-order valence-electron chi connectivity index (χ2n) is 6.00. The van der Waals surface area contributed by atoms with Gasteiger partial charge in [-0.1, -0.05) is 19.1 Å². The van der Waals surface area contributed by atoms with Crippen LogP contribution in [0.1, 0.15) is 18.1 Å². The fourth-order valence-corrected chi connectivity index (χ4v) is 2.61. The number of aryl methyl sites for hydroxylation is 1. The SMILES string of the molecule is CCc1cccc(NC(=O)COC(=O)/C=C/c2cc(OC)c(OC)c(OC)c2)c1. The van der Waals surface area contributed by atoms with E-state index in [1.807, 2.05) is 25.1 Å². The Kier molecular flexibility index (Phi) is 8.09. The molecule has 29 heavy (non-hydrogen) atoms. The van der Waals surface area contributed by atoms with Gasteiger partial charge in [-0.15, -0.1) is 0 Å². The molecule has 1 amide bonds. The third kappa shape index (κ3) is 6.27. The maximum absolute atomic E-state index is 12.0. The highest BCUT2D eigenvalue weighted by Gasteiger charge is 2.12. The Hall–Kier alpha value is -3.48. The molecular formula is C22H25NO6. The van der Waals surface area contributed by atoms with Crippen LogP contribution < -0.4 is 19.5 Å². The molecule has 1 N–H and O–H groups in total. The van der Waals surface area contributed by atoms with Crippen molar-refractivity contribution >= 4 is 23.6 Å². The Morgan fingerprint density at radius 1 is 1.00 bits per heavy atom. The lowest BCUT2D eigenvalue weighted by atomic mass is 10.1. The van der Waals surface area contributed by atoms with Gasteiger partial charge in [-0.2, -0.15) is 0 Å². The summed E-state index contributed by atoms with van der Waals surface area (Å²) in [6.45, 7) is 1.65. The van der Waals surface area contributed by atoms with Crippen LogP contribution in [0.15, 0.2) is 42.5 Å². The van der Waals surface area contributed by atoms with E-state index in [1.165, 1.54) is 33.5 Å². The van der Waals surface area contributed by atoms with Crippen LogP contribution in [0, 0.1) is 0 Å². The predicted octanol–water partition coefficient (Wildman–Crippen LogP) is 3.47. The molecule has 2 rings (SSSR count). The van der Waals surface area contributed by atoms with Crippen molar-refractivity contribution in [2.45, 2.75) is 13.3 Å². The lowest BCUT2D eigenvalue weighted by Crippen LogP contribution is -2.20. The Bertz CT molecular complexity index is 866. The molecule has 0 fully saturated rings. The number of anilines is 1. The Balaban J connectivity index is 1.94. The summed E-state index contributed by atoms with van der Waals surface area (Å²) < 4.78 is 20.8. The van der Waals surface area contributed by atoms with Gasteiger partial charge in [-0.05, 0) is 47.9 Å². The first kappa shape index (κ1) is 21.8. The summed E-state index contributed by atoms with van der Waals surface area (Å²) in [4.78, 5) is 23.9. The smallest absolute Gasteiger partial charge is 0.331 e. The van der Waals surface area contributed by atoms with E-state index in [0.29, 0.717) is 28.5 Å². The van der Waals surface area contributed by atoms with E-state index < -0.39 is 11.9 Å². The van der Waals surface area contributed by atoms with Crippen molar-refractivity contribution in [2.75, 3.05) is 33.3 Å².